The number of benzene rings is 2. The van der Waals surface area contributed by atoms with Crippen LogP contribution in [-0.2, 0) is 23.0 Å². The Bertz CT molecular complexity index is 1100. The van der Waals surface area contributed by atoms with Gasteiger partial charge in [0.25, 0.3) is 10.1 Å². The molecule has 0 bridgehead atoms. The van der Waals surface area contributed by atoms with Crippen LogP contribution in [0, 0.1) is 0 Å². The van der Waals surface area contributed by atoms with Gasteiger partial charge in [-0.05, 0) is 73.5 Å². The highest BCUT2D eigenvalue weighted by Crippen LogP contribution is 2.36. The molecule has 0 saturated carbocycles. The summed E-state index contributed by atoms with van der Waals surface area (Å²) < 4.78 is 36.9. The molecular weight excluding hydrogens is 416 g/mol. The molecular formula is C23H30N2O5S. The molecule has 168 valence electrons. The van der Waals surface area contributed by atoms with Gasteiger partial charge in [0.15, 0.2) is 12.0 Å². The maximum atomic E-state index is 9.19. The lowest BCUT2D eigenvalue weighted by Gasteiger charge is -2.30. The Morgan fingerprint density at radius 2 is 2.06 bits per heavy atom. The SMILES string of the molecule is COc1cccc2c1CCCC2CN(C)CCc1ccc2ncoc2c1.CS(=O)(=O)O. The first kappa shape index (κ1) is 23.2. The average Bonchev–Trinajstić information content (AvgIpc) is 3.19. The van der Waals surface area contributed by atoms with Crippen LogP contribution in [0.4, 0.5) is 0 Å². The van der Waals surface area contributed by atoms with Gasteiger partial charge in [0, 0.05) is 13.1 Å². The number of rotatable bonds is 6. The van der Waals surface area contributed by atoms with Crippen molar-refractivity contribution in [1.29, 1.82) is 0 Å². The summed E-state index contributed by atoms with van der Waals surface area (Å²) in [5, 5.41) is 0. The lowest BCUT2D eigenvalue weighted by molar-refractivity contribution is 0.299. The third-order valence-electron chi connectivity index (χ3n) is 5.52. The van der Waals surface area contributed by atoms with E-state index in [2.05, 4.69) is 47.3 Å². The number of nitrogens with zero attached hydrogens (tertiary/aromatic N) is 2. The highest BCUT2D eigenvalue weighted by atomic mass is 32.2. The fourth-order valence-electron chi connectivity index (χ4n) is 4.14. The largest absolute Gasteiger partial charge is 0.496 e. The topological polar surface area (TPSA) is 92.9 Å². The first-order valence-corrected chi connectivity index (χ1v) is 12.2. The van der Waals surface area contributed by atoms with E-state index in [-0.39, 0.29) is 0 Å². The number of aromatic nitrogens is 1. The van der Waals surface area contributed by atoms with Crippen molar-refractivity contribution in [2.75, 3.05) is 33.5 Å². The van der Waals surface area contributed by atoms with Crippen molar-refractivity contribution in [2.24, 2.45) is 0 Å². The summed E-state index contributed by atoms with van der Waals surface area (Å²) in [7, 11) is 0.331. The van der Waals surface area contributed by atoms with Crippen LogP contribution in [-0.4, -0.2) is 56.4 Å². The van der Waals surface area contributed by atoms with Crippen molar-refractivity contribution < 1.29 is 22.1 Å². The molecule has 2 aromatic carbocycles. The molecule has 0 amide bonds. The van der Waals surface area contributed by atoms with Crippen LogP contribution in [0.1, 0.15) is 35.4 Å². The summed E-state index contributed by atoms with van der Waals surface area (Å²) in [6.07, 6.45) is 6.88. The van der Waals surface area contributed by atoms with Gasteiger partial charge in [-0.3, -0.25) is 4.55 Å². The Labute approximate surface area is 183 Å². The summed E-state index contributed by atoms with van der Waals surface area (Å²) in [5.74, 6) is 1.64. The Morgan fingerprint density at radius 1 is 1.29 bits per heavy atom. The molecule has 0 spiro atoms. The Balaban J connectivity index is 0.000000491. The minimum Gasteiger partial charge on any atom is -0.496 e. The van der Waals surface area contributed by atoms with E-state index in [1.165, 1.54) is 35.9 Å². The fraction of sp³-hybridized carbons (Fsp3) is 0.435. The molecule has 0 aliphatic heterocycles. The van der Waals surface area contributed by atoms with E-state index in [0.29, 0.717) is 12.2 Å². The van der Waals surface area contributed by atoms with E-state index < -0.39 is 10.1 Å². The van der Waals surface area contributed by atoms with Gasteiger partial charge in [-0.25, -0.2) is 4.98 Å². The van der Waals surface area contributed by atoms with Crippen LogP contribution in [0.15, 0.2) is 47.2 Å². The van der Waals surface area contributed by atoms with E-state index in [9.17, 15) is 8.42 Å². The van der Waals surface area contributed by atoms with Crippen LogP contribution in [0.3, 0.4) is 0 Å². The second kappa shape index (κ2) is 10.3. The maximum Gasteiger partial charge on any atom is 0.261 e. The van der Waals surface area contributed by atoms with Gasteiger partial charge in [0.1, 0.15) is 11.3 Å². The molecule has 7 nitrogen and oxygen atoms in total. The number of fused-ring (bicyclic) bond motifs is 2. The maximum absolute atomic E-state index is 9.19. The number of methoxy groups -OCH3 is 1. The normalized spacial score (nSPS) is 16.0. The zero-order chi connectivity index (χ0) is 22.4. The third-order valence-corrected chi connectivity index (χ3v) is 5.52. The monoisotopic (exact) mass is 446 g/mol. The molecule has 1 N–H and O–H groups in total. The van der Waals surface area contributed by atoms with Crippen LogP contribution < -0.4 is 4.74 Å². The summed E-state index contributed by atoms with van der Waals surface area (Å²) in [5.41, 5.74) is 5.99. The summed E-state index contributed by atoms with van der Waals surface area (Å²) >= 11 is 0. The van der Waals surface area contributed by atoms with Crippen LogP contribution >= 0.6 is 0 Å². The number of hydrogen-bond donors (Lipinski definition) is 1. The molecule has 1 aliphatic carbocycles. The molecule has 1 heterocycles. The zero-order valence-corrected chi connectivity index (χ0v) is 19.1. The summed E-state index contributed by atoms with van der Waals surface area (Å²) in [6.45, 7) is 2.13. The number of hydrogen-bond acceptors (Lipinski definition) is 6. The van der Waals surface area contributed by atoms with Crippen LogP contribution in [0.2, 0.25) is 0 Å². The van der Waals surface area contributed by atoms with Crippen molar-refractivity contribution in [3.05, 3.63) is 59.5 Å². The smallest absolute Gasteiger partial charge is 0.261 e. The Hall–Kier alpha value is -2.42. The van der Waals surface area contributed by atoms with Crippen LogP contribution in [0.25, 0.3) is 11.1 Å². The fourth-order valence-corrected chi connectivity index (χ4v) is 4.14. The van der Waals surface area contributed by atoms with E-state index in [1.807, 2.05) is 6.07 Å². The first-order chi connectivity index (χ1) is 14.7. The quantitative estimate of drug-likeness (QED) is 0.573. The van der Waals surface area contributed by atoms with Crippen molar-refractivity contribution in [1.82, 2.24) is 9.88 Å². The minimum atomic E-state index is -3.67. The lowest BCUT2D eigenvalue weighted by Crippen LogP contribution is -2.28. The lowest BCUT2D eigenvalue weighted by atomic mass is 9.82. The zero-order valence-electron chi connectivity index (χ0n) is 18.2. The highest BCUT2D eigenvalue weighted by molar-refractivity contribution is 7.85. The predicted octanol–water partition coefficient (Wildman–Crippen LogP) is 3.93. The van der Waals surface area contributed by atoms with E-state index >= 15 is 0 Å². The second-order valence-electron chi connectivity index (χ2n) is 8.02. The summed E-state index contributed by atoms with van der Waals surface area (Å²) in [6, 6.07) is 12.8. The van der Waals surface area contributed by atoms with Crippen molar-refractivity contribution in [2.45, 2.75) is 31.6 Å². The van der Waals surface area contributed by atoms with Gasteiger partial charge in [0.2, 0.25) is 0 Å². The molecule has 0 saturated heterocycles. The average molecular weight is 447 g/mol. The van der Waals surface area contributed by atoms with Crippen molar-refractivity contribution >= 4 is 21.2 Å². The minimum absolute atomic E-state index is 0.593. The van der Waals surface area contributed by atoms with Gasteiger partial charge in [-0.1, -0.05) is 18.2 Å². The third kappa shape index (κ3) is 6.78. The number of oxazole rings is 1. The van der Waals surface area contributed by atoms with Gasteiger partial charge in [-0.2, -0.15) is 8.42 Å². The molecule has 8 heteroatoms. The van der Waals surface area contributed by atoms with Crippen molar-refractivity contribution in [3.8, 4) is 5.75 Å². The van der Waals surface area contributed by atoms with Gasteiger partial charge >= 0.3 is 0 Å². The van der Waals surface area contributed by atoms with Gasteiger partial charge in [-0.15, -0.1) is 0 Å². The van der Waals surface area contributed by atoms with Gasteiger partial charge in [0.05, 0.1) is 13.4 Å². The standard InChI is InChI=1S/C22H26N2O2.CH4O3S/c1-24(12-11-16-9-10-20-22(13-16)26-15-23-20)14-17-5-3-7-19-18(17)6-4-8-21(19)25-2;1-5(2,3)4/h4,6,8-10,13,15,17H,3,5,7,11-12,14H2,1-2H3;1H3,(H,2,3,4). The molecule has 31 heavy (non-hydrogen) atoms. The van der Waals surface area contributed by atoms with E-state index in [4.69, 9.17) is 13.7 Å². The molecule has 0 fully saturated rings. The van der Waals surface area contributed by atoms with E-state index in [0.717, 1.165) is 42.8 Å². The molecule has 3 aromatic rings. The van der Waals surface area contributed by atoms with Gasteiger partial charge < -0.3 is 14.1 Å². The van der Waals surface area contributed by atoms with Crippen molar-refractivity contribution in [3.63, 3.8) is 0 Å². The molecule has 1 aromatic heterocycles. The second-order valence-corrected chi connectivity index (χ2v) is 9.48. The Morgan fingerprint density at radius 3 is 2.81 bits per heavy atom. The predicted molar refractivity (Wildman–Crippen MR) is 121 cm³/mol. The number of ether oxygens (including phenoxy) is 1. The number of likely N-dealkylation sites (N-methyl/N-ethyl adjacent to an activating group) is 1. The summed E-state index contributed by atoms with van der Waals surface area (Å²) in [4.78, 5) is 6.63. The molecule has 0 radical (unpaired) electrons. The molecule has 4 rings (SSSR count). The van der Waals surface area contributed by atoms with E-state index in [1.54, 1.807) is 7.11 Å². The molecule has 1 aliphatic rings. The van der Waals surface area contributed by atoms with Crippen LogP contribution in [0.5, 0.6) is 5.75 Å². The first-order valence-electron chi connectivity index (χ1n) is 10.3. The molecule has 1 unspecified atom stereocenters. The highest BCUT2D eigenvalue weighted by Gasteiger charge is 2.23. The molecule has 1 atom stereocenters. The Kier molecular flexibility index (Phi) is 7.69.